The molecule has 1 unspecified atom stereocenters. The standard InChI is InChI=1S/C22H32FN5.HI/c1-15(13-20-16(2)27-28(5)17(20)3)26-21(24-4)25-14-22(11-6-12-22)18-7-9-19(23)10-8-18;/h7-10,15H,6,11-14H2,1-5H3,(H2,24,25,26);1H. The first kappa shape index (κ1) is 23.6. The zero-order valence-electron chi connectivity index (χ0n) is 18.1. The number of aryl methyl sites for hydroxylation is 2. The van der Waals surface area contributed by atoms with Gasteiger partial charge < -0.3 is 10.6 Å². The third-order valence-electron chi connectivity index (χ3n) is 6.14. The Kier molecular flexibility index (Phi) is 8.08. The molecule has 7 heteroatoms. The Balaban J connectivity index is 0.00000300. The highest BCUT2D eigenvalue weighted by atomic mass is 127. The van der Waals surface area contributed by atoms with Crippen molar-refractivity contribution >= 4 is 29.9 Å². The van der Waals surface area contributed by atoms with Gasteiger partial charge in [-0.25, -0.2) is 4.39 Å². The summed E-state index contributed by atoms with van der Waals surface area (Å²) in [6, 6.07) is 7.19. The number of rotatable bonds is 6. The SMILES string of the molecule is CN=C(NCC1(c2ccc(F)cc2)CCC1)NC(C)Cc1c(C)nn(C)c1C.I. The van der Waals surface area contributed by atoms with Gasteiger partial charge in [-0.1, -0.05) is 18.6 Å². The van der Waals surface area contributed by atoms with Crippen molar-refractivity contribution in [2.75, 3.05) is 13.6 Å². The first-order valence-corrected chi connectivity index (χ1v) is 10.1. The van der Waals surface area contributed by atoms with Gasteiger partial charge in [0.15, 0.2) is 5.96 Å². The van der Waals surface area contributed by atoms with E-state index in [4.69, 9.17) is 0 Å². The summed E-state index contributed by atoms with van der Waals surface area (Å²) in [5, 5.41) is 11.5. The quantitative estimate of drug-likeness (QED) is 0.349. The van der Waals surface area contributed by atoms with Crippen molar-refractivity contribution in [1.82, 2.24) is 20.4 Å². The molecule has 5 nitrogen and oxygen atoms in total. The highest BCUT2D eigenvalue weighted by Crippen LogP contribution is 2.43. The highest BCUT2D eigenvalue weighted by Gasteiger charge is 2.38. The Morgan fingerprint density at radius 1 is 1.28 bits per heavy atom. The average molecular weight is 513 g/mol. The van der Waals surface area contributed by atoms with E-state index in [0.717, 1.165) is 37.5 Å². The van der Waals surface area contributed by atoms with E-state index >= 15 is 0 Å². The van der Waals surface area contributed by atoms with Gasteiger partial charge in [-0.2, -0.15) is 5.10 Å². The third kappa shape index (κ3) is 5.29. The second-order valence-electron chi connectivity index (χ2n) is 8.09. The fourth-order valence-corrected chi connectivity index (χ4v) is 4.13. The number of guanidine groups is 1. The topological polar surface area (TPSA) is 54.2 Å². The highest BCUT2D eigenvalue weighted by molar-refractivity contribution is 14.0. The molecular formula is C22H33FIN5. The van der Waals surface area contributed by atoms with E-state index in [-0.39, 0.29) is 41.3 Å². The molecule has 0 radical (unpaired) electrons. The van der Waals surface area contributed by atoms with Crippen molar-refractivity contribution in [2.45, 2.75) is 57.9 Å². The molecule has 0 saturated heterocycles. The van der Waals surface area contributed by atoms with Crippen LogP contribution in [-0.4, -0.2) is 35.4 Å². The Bertz CT molecular complexity index is 840. The van der Waals surface area contributed by atoms with Crippen LogP contribution in [-0.2, 0) is 18.9 Å². The number of hydrogen-bond donors (Lipinski definition) is 2. The van der Waals surface area contributed by atoms with E-state index in [9.17, 15) is 4.39 Å². The van der Waals surface area contributed by atoms with Crippen molar-refractivity contribution < 1.29 is 4.39 Å². The van der Waals surface area contributed by atoms with E-state index in [1.54, 1.807) is 19.2 Å². The normalized spacial score (nSPS) is 16.6. The monoisotopic (exact) mass is 513 g/mol. The van der Waals surface area contributed by atoms with Gasteiger partial charge in [0.25, 0.3) is 0 Å². The van der Waals surface area contributed by atoms with Crippen molar-refractivity contribution in [3.05, 3.63) is 52.6 Å². The summed E-state index contributed by atoms with van der Waals surface area (Å²) in [4.78, 5) is 4.40. The van der Waals surface area contributed by atoms with Crippen molar-refractivity contribution in [3.63, 3.8) is 0 Å². The first-order valence-electron chi connectivity index (χ1n) is 10.1. The maximum Gasteiger partial charge on any atom is 0.191 e. The Morgan fingerprint density at radius 2 is 1.93 bits per heavy atom. The third-order valence-corrected chi connectivity index (χ3v) is 6.14. The molecule has 1 aromatic carbocycles. The second-order valence-corrected chi connectivity index (χ2v) is 8.09. The van der Waals surface area contributed by atoms with Gasteiger partial charge >= 0.3 is 0 Å². The molecule has 0 amide bonds. The fourth-order valence-electron chi connectivity index (χ4n) is 4.13. The van der Waals surface area contributed by atoms with Gasteiger partial charge in [0, 0.05) is 37.8 Å². The van der Waals surface area contributed by atoms with E-state index in [2.05, 4.69) is 41.5 Å². The Morgan fingerprint density at radius 3 is 2.41 bits per heavy atom. The number of nitrogens with zero attached hydrogens (tertiary/aromatic N) is 3. The average Bonchev–Trinajstić information content (AvgIpc) is 2.87. The van der Waals surface area contributed by atoms with Crippen molar-refractivity contribution in [2.24, 2.45) is 12.0 Å². The van der Waals surface area contributed by atoms with Gasteiger partial charge in [0.05, 0.1) is 5.69 Å². The lowest BCUT2D eigenvalue weighted by atomic mass is 9.64. The summed E-state index contributed by atoms with van der Waals surface area (Å²) in [7, 11) is 3.78. The molecular weight excluding hydrogens is 480 g/mol. The molecule has 1 atom stereocenters. The predicted molar refractivity (Wildman–Crippen MR) is 128 cm³/mol. The molecule has 1 aromatic heterocycles. The smallest absolute Gasteiger partial charge is 0.191 e. The van der Waals surface area contributed by atoms with Gasteiger partial charge in [-0.3, -0.25) is 9.67 Å². The Labute approximate surface area is 190 Å². The molecule has 1 fully saturated rings. The van der Waals surface area contributed by atoms with E-state index in [1.807, 2.05) is 23.9 Å². The molecule has 1 aliphatic rings. The van der Waals surface area contributed by atoms with Crippen LogP contribution in [0, 0.1) is 19.7 Å². The van der Waals surface area contributed by atoms with Gasteiger partial charge in [-0.15, -0.1) is 24.0 Å². The van der Waals surface area contributed by atoms with Crippen LogP contribution < -0.4 is 10.6 Å². The van der Waals surface area contributed by atoms with Crippen LogP contribution in [0.2, 0.25) is 0 Å². The molecule has 1 heterocycles. The molecule has 0 bridgehead atoms. The predicted octanol–water partition coefficient (Wildman–Crippen LogP) is 4.01. The summed E-state index contributed by atoms with van der Waals surface area (Å²) in [5.74, 6) is 0.624. The van der Waals surface area contributed by atoms with E-state index < -0.39 is 0 Å². The molecule has 3 rings (SSSR count). The van der Waals surface area contributed by atoms with Crippen LogP contribution in [0.15, 0.2) is 29.3 Å². The second kappa shape index (κ2) is 9.91. The van der Waals surface area contributed by atoms with Crippen LogP contribution in [0.5, 0.6) is 0 Å². The maximum atomic E-state index is 13.3. The van der Waals surface area contributed by atoms with Gasteiger partial charge in [0.2, 0.25) is 0 Å². The van der Waals surface area contributed by atoms with Crippen LogP contribution >= 0.6 is 24.0 Å². The summed E-state index contributed by atoms with van der Waals surface area (Å²) < 4.78 is 15.2. The number of aromatic nitrogens is 2. The molecule has 1 saturated carbocycles. The zero-order chi connectivity index (χ0) is 20.3. The summed E-state index contributed by atoms with van der Waals surface area (Å²) >= 11 is 0. The molecule has 2 N–H and O–H groups in total. The molecule has 29 heavy (non-hydrogen) atoms. The number of benzene rings is 1. The minimum atomic E-state index is -0.182. The van der Waals surface area contributed by atoms with E-state index in [0.29, 0.717) is 0 Å². The lowest BCUT2D eigenvalue weighted by molar-refractivity contribution is 0.243. The van der Waals surface area contributed by atoms with Gasteiger partial charge in [-0.05, 0) is 63.3 Å². The fraction of sp³-hybridized carbons (Fsp3) is 0.545. The number of halogens is 2. The minimum absolute atomic E-state index is 0. The Hall–Kier alpha value is -1.64. The molecule has 0 spiro atoms. The summed E-state index contributed by atoms with van der Waals surface area (Å²) in [6.07, 6.45) is 4.34. The van der Waals surface area contributed by atoms with Crippen LogP contribution in [0.25, 0.3) is 0 Å². The summed E-state index contributed by atoms with van der Waals surface area (Å²) in [5.41, 5.74) is 4.86. The molecule has 1 aliphatic carbocycles. The molecule has 160 valence electrons. The first-order chi connectivity index (χ1) is 13.3. The van der Waals surface area contributed by atoms with Crippen LogP contribution in [0.4, 0.5) is 4.39 Å². The maximum absolute atomic E-state index is 13.3. The number of nitrogens with one attached hydrogen (secondary N) is 2. The zero-order valence-corrected chi connectivity index (χ0v) is 20.4. The van der Waals surface area contributed by atoms with Gasteiger partial charge in [0.1, 0.15) is 5.82 Å². The minimum Gasteiger partial charge on any atom is -0.356 e. The van der Waals surface area contributed by atoms with Crippen LogP contribution in [0.1, 0.15) is 48.7 Å². The van der Waals surface area contributed by atoms with Crippen molar-refractivity contribution in [3.8, 4) is 0 Å². The van der Waals surface area contributed by atoms with E-state index in [1.165, 1.54) is 23.2 Å². The number of aliphatic imine (C=N–C) groups is 1. The lowest BCUT2D eigenvalue weighted by Gasteiger charge is -2.43. The number of hydrogen-bond acceptors (Lipinski definition) is 2. The summed E-state index contributed by atoms with van der Waals surface area (Å²) in [6.45, 7) is 7.14. The van der Waals surface area contributed by atoms with Crippen LogP contribution in [0.3, 0.4) is 0 Å². The molecule has 2 aromatic rings. The largest absolute Gasteiger partial charge is 0.356 e. The lowest BCUT2D eigenvalue weighted by Crippen LogP contribution is -2.50. The molecule has 0 aliphatic heterocycles. The van der Waals surface area contributed by atoms with Crippen molar-refractivity contribution in [1.29, 1.82) is 0 Å².